The lowest BCUT2D eigenvalue weighted by molar-refractivity contribution is -0.384. The Bertz CT molecular complexity index is 831. The molecule has 1 N–H and O–H groups in total. The normalized spacial score (nSPS) is 10.5. The molecule has 3 rings (SSSR count). The number of benzene rings is 2. The first-order valence-electron chi connectivity index (χ1n) is 6.51. The molecule has 0 radical (unpaired) electrons. The zero-order chi connectivity index (χ0) is 14.8. The molecule has 21 heavy (non-hydrogen) atoms. The van der Waals surface area contributed by atoms with E-state index < -0.39 is 4.92 Å². The summed E-state index contributed by atoms with van der Waals surface area (Å²) in [4.78, 5) is 15.1. The molecular formula is C16H13N3O2. The third-order valence-electron chi connectivity index (χ3n) is 3.35. The van der Waals surface area contributed by atoms with Crippen LogP contribution in [0, 0.1) is 10.1 Å². The van der Waals surface area contributed by atoms with E-state index in [-0.39, 0.29) is 5.69 Å². The quantitative estimate of drug-likeness (QED) is 0.584. The standard InChI is InChI=1S/C16H13N3O2/c1-17-15-9-8-14(19(20)21)16(18-15)13-7-6-11-4-2-3-5-12(11)10-13/h2-10H,1H3,(H,17,18). The summed E-state index contributed by atoms with van der Waals surface area (Å²) in [6.07, 6.45) is 0. The number of nitrogens with one attached hydrogen (secondary N) is 1. The first kappa shape index (κ1) is 13.1. The highest BCUT2D eigenvalue weighted by Crippen LogP contribution is 2.31. The van der Waals surface area contributed by atoms with Crippen LogP contribution in [-0.4, -0.2) is 17.0 Å². The molecule has 3 aromatic rings. The zero-order valence-corrected chi connectivity index (χ0v) is 11.4. The summed E-state index contributed by atoms with van der Waals surface area (Å²) in [6.45, 7) is 0. The Morgan fingerprint density at radius 1 is 1.05 bits per heavy atom. The molecule has 104 valence electrons. The Hall–Kier alpha value is -2.95. The minimum absolute atomic E-state index is 0.00396. The van der Waals surface area contributed by atoms with Crippen molar-refractivity contribution in [2.75, 3.05) is 12.4 Å². The van der Waals surface area contributed by atoms with E-state index in [1.807, 2.05) is 42.5 Å². The van der Waals surface area contributed by atoms with Crippen LogP contribution in [0.1, 0.15) is 0 Å². The topological polar surface area (TPSA) is 68.1 Å². The fourth-order valence-electron chi connectivity index (χ4n) is 2.29. The Balaban J connectivity index is 2.22. The molecule has 0 spiro atoms. The highest BCUT2D eigenvalue weighted by molar-refractivity contribution is 5.88. The molecule has 0 aliphatic rings. The fraction of sp³-hybridized carbons (Fsp3) is 0.0625. The molecule has 0 fully saturated rings. The van der Waals surface area contributed by atoms with Crippen molar-refractivity contribution in [1.82, 2.24) is 4.98 Å². The lowest BCUT2D eigenvalue weighted by atomic mass is 10.0. The minimum Gasteiger partial charge on any atom is -0.373 e. The molecule has 5 nitrogen and oxygen atoms in total. The Morgan fingerprint density at radius 2 is 1.81 bits per heavy atom. The average molecular weight is 279 g/mol. The predicted molar refractivity (Wildman–Crippen MR) is 83.4 cm³/mol. The molecule has 0 bridgehead atoms. The lowest BCUT2D eigenvalue weighted by Crippen LogP contribution is -1.98. The zero-order valence-electron chi connectivity index (χ0n) is 11.4. The second kappa shape index (κ2) is 5.20. The van der Waals surface area contributed by atoms with E-state index in [2.05, 4.69) is 10.3 Å². The van der Waals surface area contributed by atoms with E-state index in [1.54, 1.807) is 13.1 Å². The number of pyridine rings is 1. The van der Waals surface area contributed by atoms with Crippen LogP contribution in [0.25, 0.3) is 22.0 Å². The maximum atomic E-state index is 11.2. The average Bonchev–Trinajstić information content (AvgIpc) is 2.53. The summed E-state index contributed by atoms with van der Waals surface area (Å²) < 4.78 is 0. The highest BCUT2D eigenvalue weighted by atomic mass is 16.6. The number of nitro groups is 1. The smallest absolute Gasteiger partial charge is 0.295 e. The SMILES string of the molecule is CNc1ccc([N+](=O)[O-])c(-c2ccc3ccccc3c2)n1. The van der Waals surface area contributed by atoms with Gasteiger partial charge in [0.15, 0.2) is 5.69 Å². The molecule has 1 aromatic heterocycles. The van der Waals surface area contributed by atoms with Gasteiger partial charge in [-0.05, 0) is 22.9 Å². The summed E-state index contributed by atoms with van der Waals surface area (Å²) in [5, 5.41) is 16.2. The van der Waals surface area contributed by atoms with Crippen molar-refractivity contribution in [2.24, 2.45) is 0 Å². The van der Waals surface area contributed by atoms with Crippen molar-refractivity contribution in [3.05, 3.63) is 64.7 Å². The number of nitrogens with zero attached hydrogens (tertiary/aromatic N) is 2. The number of hydrogen-bond donors (Lipinski definition) is 1. The molecule has 0 saturated heterocycles. The van der Waals surface area contributed by atoms with Crippen LogP contribution in [0.15, 0.2) is 54.6 Å². The molecule has 0 unspecified atom stereocenters. The van der Waals surface area contributed by atoms with E-state index in [4.69, 9.17) is 0 Å². The molecule has 0 saturated carbocycles. The fourth-order valence-corrected chi connectivity index (χ4v) is 2.29. The van der Waals surface area contributed by atoms with Crippen LogP contribution in [0.5, 0.6) is 0 Å². The van der Waals surface area contributed by atoms with Gasteiger partial charge in [0.1, 0.15) is 5.82 Å². The van der Waals surface area contributed by atoms with Crippen LogP contribution < -0.4 is 5.32 Å². The van der Waals surface area contributed by atoms with Crippen molar-refractivity contribution in [2.45, 2.75) is 0 Å². The first-order valence-corrected chi connectivity index (χ1v) is 6.51. The summed E-state index contributed by atoms with van der Waals surface area (Å²) in [5.74, 6) is 0.601. The third kappa shape index (κ3) is 2.41. The van der Waals surface area contributed by atoms with Gasteiger partial charge in [-0.25, -0.2) is 4.98 Å². The molecule has 1 heterocycles. The van der Waals surface area contributed by atoms with Crippen molar-refractivity contribution in [3.8, 4) is 11.3 Å². The number of anilines is 1. The Labute approximate surface area is 121 Å². The molecule has 0 aliphatic heterocycles. The van der Waals surface area contributed by atoms with Gasteiger partial charge in [0.05, 0.1) is 4.92 Å². The Morgan fingerprint density at radius 3 is 2.52 bits per heavy atom. The molecule has 0 aliphatic carbocycles. The largest absolute Gasteiger partial charge is 0.373 e. The van der Waals surface area contributed by atoms with Gasteiger partial charge in [-0.3, -0.25) is 10.1 Å². The first-order chi connectivity index (χ1) is 10.2. The number of hydrogen-bond acceptors (Lipinski definition) is 4. The van der Waals surface area contributed by atoms with Gasteiger partial charge >= 0.3 is 0 Å². The second-order valence-corrected chi connectivity index (χ2v) is 4.63. The van der Waals surface area contributed by atoms with Gasteiger partial charge < -0.3 is 5.32 Å². The van der Waals surface area contributed by atoms with Gasteiger partial charge in [-0.15, -0.1) is 0 Å². The van der Waals surface area contributed by atoms with E-state index in [0.717, 1.165) is 16.3 Å². The monoisotopic (exact) mass is 279 g/mol. The van der Waals surface area contributed by atoms with Gasteiger partial charge in [0.2, 0.25) is 0 Å². The maximum Gasteiger partial charge on any atom is 0.295 e. The van der Waals surface area contributed by atoms with E-state index in [9.17, 15) is 10.1 Å². The third-order valence-corrected chi connectivity index (χ3v) is 3.35. The minimum atomic E-state index is -0.406. The number of fused-ring (bicyclic) bond motifs is 1. The molecule has 5 heteroatoms. The van der Waals surface area contributed by atoms with Crippen molar-refractivity contribution in [1.29, 1.82) is 0 Å². The summed E-state index contributed by atoms with van der Waals surface area (Å²) in [5.41, 5.74) is 1.11. The van der Waals surface area contributed by atoms with Crippen molar-refractivity contribution >= 4 is 22.3 Å². The lowest BCUT2D eigenvalue weighted by Gasteiger charge is -2.07. The number of rotatable bonds is 3. The van der Waals surface area contributed by atoms with Gasteiger partial charge in [0, 0.05) is 18.7 Å². The second-order valence-electron chi connectivity index (χ2n) is 4.63. The van der Waals surface area contributed by atoms with Crippen LogP contribution >= 0.6 is 0 Å². The molecule has 0 atom stereocenters. The van der Waals surface area contributed by atoms with E-state index in [0.29, 0.717) is 11.5 Å². The van der Waals surface area contributed by atoms with Gasteiger partial charge in [-0.2, -0.15) is 0 Å². The summed E-state index contributed by atoms with van der Waals surface area (Å²) in [7, 11) is 1.73. The molecule has 0 amide bonds. The van der Waals surface area contributed by atoms with E-state index >= 15 is 0 Å². The predicted octanol–water partition coefficient (Wildman–Crippen LogP) is 3.85. The summed E-state index contributed by atoms with van der Waals surface area (Å²) in [6, 6.07) is 16.7. The van der Waals surface area contributed by atoms with Crippen LogP contribution in [-0.2, 0) is 0 Å². The molecular weight excluding hydrogens is 266 g/mol. The van der Waals surface area contributed by atoms with Crippen molar-refractivity contribution < 1.29 is 4.92 Å². The highest BCUT2D eigenvalue weighted by Gasteiger charge is 2.17. The number of aromatic nitrogens is 1. The van der Waals surface area contributed by atoms with Gasteiger partial charge in [-0.1, -0.05) is 36.4 Å². The van der Waals surface area contributed by atoms with Gasteiger partial charge in [0.25, 0.3) is 5.69 Å². The van der Waals surface area contributed by atoms with E-state index in [1.165, 1.54) is 6.07 Å². The Kier molecular flexibility index (Phi) is 3.23. The molecule has 2 aromatic carbocycles. The van der Waals surface area contributed by atoms with Crippen molar-refractivity contribution in [3.63, 3.8) is 0 Å². The van der Waals surface area contributed by atoms with Crippen LogP contribution in [0.4, 0.5) is 11.5 Å². The van der Waals surface area contributed by atoms with Crippen LogP contribution in [0.2, 0.25) is 0 Å². The van der Waals surface area contributed by atoms with Crippen LogP contribution in [0.3, 0.4) is 0 Å². The summed E-state index contributed by atoms with van der Waals surface area (Å²) >= 11 is 0. The maximum absolute atomic E-state index is 11.2.